The summed E-state index contributed by atoms with van der Waals surface area (Å²) >= 11 is 0. The molecule has 0 spiro atoms. The molecule has 1 amide bonds. The molecule has 142 valence electrons. The van der Waals surface area contributed by atoms with Crippen LogP contribution < -0.4 is 4.90 Å². The largest absolute Gasteiger partial charge is 0.378 e. The summed E-state index contributed by atoms with van der Waals surface area (Å²) in [6, 6.07) is 12.4. The molecule has 1 heterocycles. The van der Waals surface area contributed by atoms with Gasteiger partial charge in [-0.25, -0.2) is 0 Å². The monoisotopic (exact) mass is 369 g/mol. The molecule has 0 bridgehead atoms. The molecule has 27 heavy (non-hydrogen) atoms. The van der Waals surface area contributed by atoms with Gasteiger partial charge in [0, 0.05) is 38.8 Å². The average Bonchev–Trinajstić information content (AvgIpc) is 2.69. The van der Waals surface area contributed by atoms with Crippen molar-refractivity contribution in [3.63, 3.8) is 0 Å². The maximum Gasteiger partial charge on any atom is 0.270 e. The number of carbonyl (C=O) groups excluding carboxylic acids is 1. The fourth-order valence-electron chi connectivity index (χ4n) is 3.21. The highest BCUT2D eigenvalue weighted by Crippen LogP contribution is 2.28. The van der Waals surface area contributed by atoms with Crippen LogP contribution in [0.4, 0.5) is 11.4 Å². The van der Waals surface area contributed by atoms with E-state index in [-0.39, 0.29) is 11.6 Å². The molecule has 2 aromatic rings. The van der Waals surface area contributed by atoms with Crippen molar-refractivity contribution in [1.29, 1.82) is 0 Å². The standard InChI is InChI=1S/C20H23N3O4/c1-15-5-3-4-6-16(15)14-21(2)20(24)18-13-17(23(25)26)7-8-19(18)22-9-11-27-12-10-22/h3-8,13H,9-12,14H2,1-2H3. The van der Waals surface area contributed by atoms with Crippen molar-refractivity contribution in [2.24, 2.45) is 0 Å². The number of morpholine rings is 1. The van der Waals surface area contributed by atoms with Crippen LogP contribution >= 0.6 is 0 Å². The van der Waals surface area contributed by atoms with Gasteiger partial charge in [-0.1, -0.05) is 24.3 Å². The summed E-state index contributed by atoms with van der Waals surface area (Å²) in [7, 11) is 1.72. The Morgan fingerprint density at radius 1 is 1.22 bits per heavy atom. The Bertz CT molecular complexity index is 847. The second kappa shape index (κ2) is 8.18. The smallest absolute Gasteiger partial charge is 0.270 e. The Labute approximate surface area is 158 Å². The van der Waals surface area contributed by atoms with Crippen molar-refractivity contribution in [3.05, 3.63) is 69.3 Å². The molecule has 3 rings (SSSR count). The summed E-state index contributed by atoms with van der Waals surface area (Å²) in [5, 5.41) is 11.2. The van der Waals surface area contributed by atoms with Crippen molar-refractivity contribution in [1.82, 2.24) is 4.90 Å². The minimum Gasteiger partial charge on any atom is -0.378 e. The fraction of sp³-hybridized carbons (Fsp3) is 0.350. The molecule has 1 fully saturated rings. The molecule has 1 aliphatic rings. The highest BCUT2D eigenvalue weighted by Gasteiger charge is 2.24. The Morgan fingerprint density at radius 3 is 2.59 bits per heavy atom. The van der Waals surface area contributed by atoms with E-state index in [1.807, 2.05) is 36.1 Å². The van der Waals surface area contributed by atoms with Gasteiger partial charge >= 0.3 is 0 Å². The molecule has 1 aliphatic heterocycles. The molecular formula is C20H23N3O4. The summed E-state index contributed by atoms with van der Waals surface area (Å²) in [6.45, 7) is 4.89. The van der Waals surface area contributed by atoms with E-state index in [4.69, 9.17) is 4.74 Å². The zero-order chi connectivity index (χ0) is 19.4. The maximum absolute atomic E-state index is 13.1. The zero-order valence-electron chi connectivity index (χ0n) is 15.6. The van der Waals surface area contributed by atoms with E-state index in [2.05, 4.69) is 0 Å². The van der Waals surface area contributed by atoms with Crippen molar-refractivity contribution < 1.29 is 14.5 Å². The van der Waals surface area contributed by atoms with Crippen LogP contribution in [0.2, 0.25) is 0 Å². The van der Waals surface area contributed by atoms with Crippen LogP contribution in [0.15, 0.2) is 42.5 Å². The highest BCUT2D eigenvalue weighted by molar-refractivity contribution is 6.00. The van der Waals surface area contributed by atoms with E-state index < -0.39 is 4.92 Å². The third kappa shape index (κ3) is 4.25. The van der Waals surface area contributed by atoms with Gasteiger partial charge in [0.15, 0.2) is 0 Å². The van der Waals surface area contributed by atoms with E-state index in [1.165, 1.54) is 12.1 Å². The number of nitro groups is 1. The SMILES string of the molecule is Cc1ccccc1CN(C)C(=O)c1cc([N+](=O)[O-])ccc1N1CCOCC1. The molecule has 0 radical (unpaired) electrons. The van der Waals surface area contributed by atoms with Crippen LogP contribution in [-0.2, 0) is 11.3 Å². The normalized spacial score (nSPS) is 14.1. The van der Waals surface area contributed by atoms with E-state index in [9.17, 15) is 14.9 Å². The average molecular weight is 369 g/mol. The van der Waals surface area contributed by atoms with Gasteiger partial charge in [-0.15, -0.1) is 0 Å². The predicted octanol–water partition coefficient (Wildman–Crippen LogP) is 3.01. The molecule has 0 saturated carbocycles. The zero-order valence-corrected chi connectivity index (χ0v) is 15.6. The Hall–Kier alpha value is -2.93. The lowest BCUT2D eigenvalue weighted by Crippen LogP contribution is -2.38. The molecule has 0 aromatic heterocycles. The van der Waals surface area contributed by atoms with Crippen LogP contribution in [0, 0.1) is 17.0 Å². The number of anilines is 1. The highest BCUT2D eigenvalue weighted by atomic mass is 16.6. The lowest BCUT2D eigenvalue weighted by atomic mass is 10.1. The van der Waals surface area contributed by atoms with Crippen LogP contribution in [0.3, 0.4) is 0 Å². The number of ether oxygens (including phenoxy) is 1. The minimum absolute atomic E-state index is 0.0837. The summed E-state index contributed by atoms with van der Waals surface area (Å²) in [6.07, 6.45) is 0. The van der Waals surface area contributed by atoms with Crippen molar-refractivity contribution in [3.8, 4) is 0 Å². The number of nitrogens with zero attached hydrogens (tertiary/aromatic N) is 3. The Morgan fingerprint density at radius 2 is 1.93 bits per heavy atom. The predicted molar refractivity (Wildman–Crippen MR) is 103 cm³/mol. The lowest BCUT2D eigenvalue weighted by molar-refractivity contribution is -0.384. The van der Waals surface area contributed by atoms with Crippen molar-refractivity contribution in [2.75, 3.05) is 38.3 Å². The first kappa shape index (κ1) is 18.8. The van der Waals surface area contributed by atoms with Gasteiger partial charge in [-0.05, 0) is 24.1 Å². The molecule has 0 atom stereocenters. The number of hydrogen-bond donors (Lipinski definition) is 0. The third-order valence-corrected chi connectivity index (χ3v) is 4.79. The van der Waals surface area contributed by atoms with Crippen LogP contribution in [0.1, 0.15) is 21.5 Å². The van der Waals surface area contributed by atoms with Gasteiger partial charge in [-0.3, -0.25) is 14.9 Å². The first-order valence-electron chi connectivity index (χ1n) is 8.88. The number of non-ortho nitro benzene ring substituents is 1. The molecule has 0 unspecified atom stereocenters. The number of hydrogen-bond acceptors (Lipinski definition) is 5. The number of benzene rings is 2. The molecule has 1 saturated heterocycles. The number of carbonyl (C=O) groups is 1. The first-order valence-corrected chi connectivity index (χ1v) is 8.88. The van der Waals surface area contributed by atoms with E-state index in [0.29, 0.717) is 44.1 Å². The number of nitro benzene ring substituents is 1. The van der Waals surface area contributed by atoms with Crippen LogP contribution in [-0.4, -0.2) is 49.1 Å². The van der Waals surface area contributed by atoms with Gasteiger partial charge in [0.1, 0.15) is 0 Å². The summed E-state index contributed by atoms with van der Waals surface area (Å²) in [5.74, 6) is -0.233. The Kier molecular flexibility index (Phi) is 5.71. The molecule has 2 aromatic carbocycles. The quantitative estimate of drug-likeness (QED) is 0.598. The van der Waals surface area contributed by atoms with E-state index in [0.717, 1.165) is 11.1 Å². The maximum atomic E-state index is 13.1. The topological polar surface area (TPSA) is 75.9 Å². The van der Waals surface area contributed by atoms with Gasteiger partial charge in [0.05, 0.1) is 29.4 Å². The van der Waals surface area contributed by atoms with Gasteiger partial charge < -0.3 is 14.5 Å². The summed E-state index contributed by atoms with van der Waals surface area (Å²) in [4.78, 5) is 27.5. The third-order valence-electron chi connectivity index (χ3n) is 4.79. The lowest BCUT2D eigenvalue weighted by Gasteiger charge is -2.31. The Balaban J connectivity index is 1.92. The number of aryl methyl sites for hydroxylation is 1. The minimum atomic E-state index is -0.471. The van der Waals surface area contributed by atoms with Crippen LogP contribution in [0.5, 0.6) is 0 Å². The van der Waals surface area contributed by atoms with Gasteiger partial charge in [-0.2, -0.15) is 0 Å². The second-order valence-electron chi connectivity index (χ2n) is 6.65. The van der Waals surface area contributed by atoms with Crippen LogP contribution in [0.25, 0.3) is 0 Å². The molecule has 7 heteroatoms. The number of amides is 1. The van der Waals surface area contributed by atoms with Gasteiger partial charge in [0.25, 0.3) is 11.6 Å². The second-order valence-corrected chi connectivity index (χ2v) is 6.65. The van der Waals surface area contributed by atoms with Crippen molar-refractivity contribution in [2.45, 2.75) is 13.5 Å². The number of rotatable bonds is 5. The molecule has 7 nitrogen and oxygen atoms in total. The summed E-state index contributed by atoms with van der Waals surface area (Å²) in [5.41, 5.74) is 3.13. The summed E-state index contributed by atoms with van der Waals surface area (Å²) < 4.78 is 5.38. The molecule has 0 aliphatic carbocycles. The van der Waals surface area contributed by atoms with E-state index in [1.54, 1.807) is 18.0 Å². The molecular weight excluding hydrogens is 346 g/mol. The fourth-order valence-corrected chi connectivity index (χ4v) is 3.21. The van der Waals surface area contributed by atoms with E-state index >= 15 is 0 Å². The van der Waals surface area contributed by atoms with Gasteiger partial charge in [0.2, 0.25) is 0 Å². The molecule has 0 N–H and O–H groups in total. The first-order chi connectivity index (χ1) is 13.0. The van der Waals surface area contributed by atoms with Crippen molar-refractivity contribution >= 4 is 17.3 Å².